The summed E-state index contributed by atoms with van der Waals surface area (Å²) in [5.41, 5.74) is 1.00. The number of rotatable bonds is 5. The molecule has 0 saturated heterocycles. The molecule has 0 fully saturated rings. The van der Waals surface area contributed by atoms with Crippen LogP contribution < -0.4 is 0 Å². The fourth-order valence-electron chi connectivity index (χ4n) is 1.09. The zero-order valence-corrected chi connectivity index (χ0v) is 8.51. The summed E-state index contributed by atoms with van der Waals surface area (Å²) in [7, 11) is 0. The Labute approximate surface area is 88.1 Å². The van der Waals surface area contributed by atoms with E-state index in [1.165, 1.54) is 6.92 Å². The van der Waals surface area contributed by atoms with Crippen LogP contribution in [0.15, 0.2) is 24.3 Å². The number of benzene rings is 1. The van der Waals surface area contributed by atoms with Crippen molar-refractivity contribution < 1.29 is 19.7 Å². The molecule has 1 atom stereocenters. The highest BCUT2D eigenvalue weighted by Crippen LogP contribution is 2.10. The van der Waals surface area contributed by atoms with E-state index in [2.05, 4.69) is 0 Å². The zero-order chi connectivity index (χ0) is 11.3. The first-order valence-electron chi connectivity index (χ1n) is 4.72. The predicted molar refractivity (Wildman–Crippen MR) is 54.9 cm³/mol. The summed E-state index contributed by atoms with van der Waals surface area (Å²) in [6, 6.07) is 6.75. The van der Waals surface area contributed by atoms with E-state index in [-0.39, 0.29) is 5.75 Å². The lowest BCUT2D eigenvalue weighted by Gasteiger charge is -2.08. The van der Waals surface area contributed by atoms with E-state index in [1.807, 2.05) is 0 Å². The van der Waals surface area contributed by atoms with E-state index in [0.29, 0.717) is 13.0 Å². The predicted octanol–water partition coefficient (Wildman–Crippen LogP) is 1.42. The molecule has 4 nitrogen and oxygen atoms in total. The number of hydrogen-bond donors (Lipinski definition) is 2. The highest BCUT2D eigenvalue weighted by atomic mass is 16.5. The fraction of sp³-hybridized carbons (Fsp3) is 0.364. The van der Waals surface area contributed by atoms with Crippen molar-refractivity contribution >= 4 is 5.97 Å². The van der Waals surface area contributed by atoms with E-state index < -0.39 is 12.1 Å². The number of aromatic hydroxyl groups is 1. The van der Waals surface area contributed by atoms with Gasteiger partial charge in [0.25, 0.3) is 0 Å². The normalized spacial score (nSPS) is 12.3. The molecular weight excluding hydrogens is 196 g/mol. The van der Waals surface area contributed by atoms with Crippen LogP contribution in [0.5, 0.6) is 5.75 Å². The second kappa shape index (κ2) is 5.36. The lowest BCUT2D eigenvalue weighted by Crippen LogP contribution is -2.20. The van der Waals surface area contributed by atoms with Gasteiger partial charge in [-0.3, -0.25) is 0 Å². The van der Waals surface area contributed by atoms with Crippen molar-refractivity contribution in [3.63, 3.8) is 0 Å². The molecule has 0 radical (unpaired) electrons. The first kappa shape index (κ1) is 11.5. The maximum absolute atomic E-state index is 10.4. The van der Waals surface area contributed by atoms with Crippen molar-refractivity contribution in [2.24, 2.45) is 0 Å². The monoisotopic (exact) mass is 210 g/mol. The van der Waals surface area contributed by atoms with Crippen molar-refractivity contribution in [2.45, 2.75) is 19.4 Å². The molecule has 2 N–H and O–H groups in total. The van der Waals surface area contributed by atoms with Crippen LogP contribution in [0, 0.1) is 0 Å². The lowest BCUT2D eigenvalue weighted by molar-refractivity contribution is -0.149. The highest BCUT2D eigenvalue weighted by Gasteiger charge is 2.09. The third kappa shape index (κ3) is 3.99. The van der Waals surface area contributed by atoms with Crippen molar-refractivity contribution in [3.8, 4) is 5.75 Å². The van der Waals surface area contributed by atoms with Crippen LogP contribution in [-0.4, -0.2) is 28.9 Å². The fourth-order valence-corrected chi connectivity index (χ4v) is 1.09. The van der Waals surface area contributed by atoms with Crippen LogP contribution in [0.4, 0.5) is 0 Å². The summed E-state index contributed by atoms with van der Waals surface area (Å²) >= 11 is 0. The molecule has 15 heavy (non-hydrogen) atoms. The van der Waals surface area contributed by atoms with Gasteiger partial charge in [-0.15, -0.1) is 0 Å². The molecular formula is C11H14O4. The van der Waals surface area contributed by atoms with E-state index in [9.17, 15) is 4.79 Å². The van der Waals surface area contributed by atoms with Gasteiger partial charge in [0.15, 0.2) is 6.10 Å². The second-order valence-electron chi connectivity index (χ2n) is 3.27. The Morgan fingerprint density at radius 3 is 2.53 bits per heavy atom. The highest BCUT2D eigenvalue weighted by molar-refractivity contribution is 5.71. The maximum atomic E-state index is 10.4. The summed E-state index contributed by atoms with van der Waals surface area (Å²) in [4.78, 5) is 10.4. The van der Waals surface area contributed by atoms with Crippen molar-refractivity contribution in [1.82, 2.24) is 0 Å². The third-order valence-electron chi connectivity index (χ3n) is 2.04. The molecule has 0 aliphatic carbocycles. The van der Waals surface area contributed by atoms with Crippen LogP contribution in [-0.2, 0) is 16.0 Å². The molecule has 0 aliphatic heterocycles. The Kier molecular flexibility index (Phi) is 4.12. The molecule has 1 aromatic carbocycles. The molecule has 0 bridgehead atoms. The number of aliphatic carboxylic acids is 1. The van der Waals surface area contributed by atoms with Gasteiger partial charge in [0.1, 0.15) is 5.75 Å². The minimum atomic E-state index is -0.958. The SMILES string of the molecule is CC(OCCc1ccc(O)cc1)C(=O)O. The number of hydrogen-bond acceptors (Lipinski definition) is 3. The van der Waals surface area contributed by atoms with Gasteiger partial charge in [0.05, 0.1) is 6.61 Å². The second-order valence-corrected chi connectivity index (χ2v) is 3.27. The summed E-state index contributed by atoms with van der Waals surface area (Å²) in [6.07, 6.45) is -0.139. The first-order chi connectivity index (χ1) is 7.09. The summed E-state index contributed by atoms with van der Waals surface area (Å²) in [5.74, 6) is -0.737. The number of phenols is 1. The molecule has 0 aliphatic rings. The van der Waals surface area contributed by atoms with Gasteiger partial charge in [0.2, 0.25) is 0 Å². The molecule has 1 aromatic rings. The number of carboxylic acids is 1. The van der Waals surface area contributed by atoms with Crippen LogP contribution in [0.1, 0.15) is 12.5 Å². The molecule has 1 rings (SSSR count). The minimum Gasteiger partial charge on any atom is -0.508 e. The quantitative estimate of drug-likeness (QED) is 0.771. The summed E-state index contributed by atoms with van der Waals surface area (Å²) in [6.45, 7) is 1.86. The van der Waals surface area contributed by atoms with Gasteiger partial charge in [-0.25, -0.2) is 4.79 Å². The van der Waals surface area contributed by atoms with E-state index in [0.717, 1.165) is 5.56 Å². The van der Waals surface area contributed by atoms with Gasteiger partial charge in [0, 0.05) is 0 Å². The van der Waals surface area contributed by atoms with Crippen molar-refractivity contribution in [1.29, 1.82) is 0 Å². The van der Waals surface area contributed by atoms with Crippen molar-refractivity contribution in [3.05, 3.63) is 29.8 Å². The van der Waals surface area contributed by atoms with E-state index in [4.69, 9.17) is 14.9 Å². The number of ether oxygens (including phenoxy) is 1. The van der Waals surface area contributed by atoms with Crippen LogP contribution in [0.2, 0.25) is 0 Å². The zero-order valence-electron chi connectivity index (χ0n) is 8.51. The number of carbonyl (C=O) groups is 1. The average Bonchev–Trinajstić information content (AvgIpc) is 2.20. The van der Waals surface area contributed by atoms with Crippen LogP contribution in [0.3, 0.4) is 0 Å². The van der Waals surface area contributed by atoms with Gasteiger partial charge in [-0.1, -0.05) is 12.1 Å². The van der Waals surface area contributed by atoms with E-state index in [1.54, 1.807) is 24.3 Å². The third-order valence-corrected chi connectivity index (χ3v) is 2.04. The largest absolute Gasteiger partial charge is 0.508 e. The Morgan fingerprint density at radius 1 is 1.40 bits per heavy atom. The van der Waals surface area contributed by atoms with Gasteiger partial charge in [-0.2, -0.15) is 0 Å². The van der Waals surface area contributed by atoms with Crippen LogP contribution in [0.25, 0.3) is 0 Å². The molecule has 4 heteroatoms. The molecule has 1 unspecified atom stereocenters. The molecule has 0 saturated carbocycles. The standard InChI is InChI=1S/C11H14O4/c1-8(11(13)14)15-7-6-9-2-4-10(12)5-3-9/h2-5,8,12H,6-7H2,1H3,(H,13,14). The Morgan fingerprint density at radius 2 is 2.00 bits per heavy atom. The van der Waals surface area contributed by atoms with E-state index >= 15 is 0 Å². The Hall–Kier alpha value is -1.55. The average molecular weight is 210 g/mol. The number of carboxylic acid groups (broad SMARTS) is 1. The van der Waals surface area contributed by atoms with Gasteiger partial charge >= 0.3 is 5.97 Å². The Balaban J connectivity index is 2.32. The molecule has 0 aromatic heterocycles. The number of phenolic OH excluding ortho intramolecular Hbond substituents is 1. The molecule has 0 spiro atoms. The van der Waals surface area contributed by atoms with Gasteiger partial charge < -0.3 is 14.9 Å². The first-order valence-corrected chi connectivity index (χ1v) is 4.72. The minimum absolute atomic E-state index is 0.221. The van der Waals surface area contributed by atoms with Crippen LogP contribution >= 0.6 is 0 Å². The summed E-state index contributed by atoms with van der Waals surface area (Å²) in [5, 5.41) is 17.6. The molecule has 82 valence electrons. The molecule has 0 amide bonds. The van der Waals surface area contributed by atoms with Gasteiger partial charge in [-0.05, 0) is 31.0 Å². The lowest BCUT2D eigenvalue weighted by atomic mass is 10.1. The smallest absolute Gasteiger partial charge is 0.332 e. The van der Waals surface area contributed by atoms with Crippen molar-refractivity contribution in [2.75, 3.05) is 6.61 Å². The molecule has 0 heterocycles. The summed E-state index contributed by atoms with van der Waals surface area (Å²) < 4.78 is 5.08. The topological polar surface area (TPSA) is 66.8 Å². The Bertz CT molecular complexity index is 318. The maximum Gasteiger partial charge on any atom is 0.332 e.